The maximum atomic E-state index is 10.9. The number of benzene rings is 1. The number of phenolic OH excluding ortho intramolecular Hbond substituents is 1. The van der Waals surface area contributed by atoms with E-state index in [-0.39, 0.29) is 11.3 Å². The van der Waals surface area contributed by atoms with E-state index < -0.39 is 15.0 Å². The summed E-state index contributed by atoms with van der Waals surface area (Å²) >= 11 is 0. The zero-order valence-corrected chi connectivity index (χ0v) is 8.32. The maximum Gasteiger partial charge on any atom is 0.288 e. The van der Waals surface area contributed by atoms with Gasteiger partial charge in [0.2, 0.25) is 0 Å². The number of rotatable bonds is 2. The molecule has 1 atom stereocenters. The molecule has 0 aliphatic rings. The second kappa shape index (κ2) is 3.23. The predicted molar refractivity (Wildman–Crippen MR) is 51.2 cm³/mol. The monoisotopic (exact) mass is 217 g/mol. The number of nitrogens with two attached hydrogens (primary N) is 1. The number of hydrogen-bond donors (Lipinski definition) is 3. The lowest BCUT2D eigenvalue weighted by Gasteiger charge is -2.21. The second-order valence-corrected chi connectivity index (χ2v) is 4.90. The van der Waals surface area contributed by atoms with Crippen molar-refractivity contribution in [2.45, 2.75) is 11.8 Å². The van der Waals surface area contributed by atoms with Crippen molar-refractivity contribution in [1.29, 1.82) is 0 Å². The fraction of sp³-hybridized carbons (Fsp3) is 0.250. The molecule has 0 amide bonds. The SMILES string of the molecule is CC(N)(c1ccccc1O)S(=O)(=O)O. The van der Waals surface area contributed by atoms with E-state index in [0.717, 1.165) is 6.92 Å². The smallest absolute Gasteiger partial charge is 0.288 e. The van der Waals surface area contributed by atoms with Crippen LogP contribution in [0.5, 0.6) is 5.75 Å². The van der Waals surface area contributed by atoms with Gasteiger partial charge in [0.15, 0.2) is 4.87 Å². The van der Waals surface area contributed by atoms with Gasteiger partial charge in [-0.25, -0.2) is 0 Å². The van der Waals surface area contributed by atoms with Crippen LogP contribution in [0.2, 0.25) is 0 Å². The molecule has 0 aliphatic heterocycles. The molecule has 0 bridgehead atoms. The van der Waals surface area contributed by atoms with Gasteiger partial charge in [0.25, 0.3) is 10.1 Å². The molecule has 4 N–H and O–H groups in total. The lowest BCUT2D eigenvalue weighted by atomic mass is 10.1. The molecule has 0 heterocycles. The van der Waals surface area contributed by atoms with Crippen LogP contribution in [0.15, 0.2) is 24.3 Å². The quantitative estimate of drug-likeness (QED) is 0.623. The Hall–Kier alpha value is -1.11. The van der Waals surface area contributed by atoms with Crippen LogP contribution in [-0.2, 0) is 15.0 Å². The minimum atomic E-state index is -4.46. The van der Waals surface area contributed by atoms with E-state index in [0.29, 0.717) is 0 Å². The average Bonchev–Trinajstić information content (AvgIpc) is 2.02. The molecule has 5 nitrogen and oxygen atoms in total. The Morgan fingerprint density at radius 1 is 1.36 bits per heavy atom. The summed E-state index contributed by atoms with van der Waals surface area (Å²) in [6.07, 6.45) is 0. The van der Waals surface area contributed by atoms with Crippen LogP contribution >= 0.6 is 0 Å². The van der Waals surface area contributed by atoms with Crippen molar-refractivity contribution < 1.29 is 18.1 Å². The van der Waals surface area contributed by atoms with E-state index in [1.807, 2.05) is 0 Å². The minimum absolute atomic E-state index is 0.0394. The van der Waals surface area contributed by atoms with Crippen LogP contribution in [0.4, 0.5) is 0 Å². The normalized spacial score (nSPS) is 16.2. The summed E-state index contributed by atoms with van der Waals surface area (Å²) in [6.45, 7) is 1.11. The van der Waals surface area contributed by atoms with E-state index in [1.165, 1.54) is 24.3 Å². The van der Waals surface area contributed by atoms with Crippen molar-refractivity contribution in [1.82, 2.24) is 0 Å². The third kappa shape index (κ3) is 1.72. The molecule has 0 fully saturated rings. The van der Waals surface area contributed by atoms with Crippen molar-refractivity contribution in [3.63, 3.8) is 0 Å². The van der Waals surface area contributed by atoms with Crippen molar-refractivity contribution >= 4 is 10.1 Å². The van der Waals surface area contributed by atoms with Gasteiger partial charge in [0.05, 0.1) is 0 Å². The predicted octanol–water partition coefficient (Wildman–Crippen LogP) is 0.411. The van der Waals surface area contributed by atoms with Crippen molar-refractivity contribution in [3.8, 4) is 5.75 Å². The van der Waals surface area contributed by atoms with E-state index in [2.05, 4.69) is 0 Å². The molecule has 0 spiro atoms. The molecule has 1 unspecified atom stereocenters. The molecular formula is C8H11NO4S. The van der Waals surface area contributed by atoms with Gasteiger partial charge in [-0.05, 0) is 13.0 Å². The van der Waals surface area contributed by atoms with E-state index in [4.69, 9.17) is 10.3 Å². The van der Waals surface area contributed by atoms with Crippen LogP contribution in [0.1, 0.15) is 12.5 Å². The van der Waals surface area contributed by atoms with Gasteiger partial charge in [-0.3, -0.25) is 4.55 Å². The lowest BCUT2D eigenvalue weighted by molar-refractivity contribution is 0.421. The summed E-state index contributed by atoms with van der Waals surface area (Å²) in [6, 6.07) is 5.68. The third-order valence-electron chi connectivity index (χ3n) is 1.97. The van der Waals surface area contributed by atoms with E-state index in [1.54, 1.807) is 0 Å². The standard InChI is InChI=1S/C8H11NO4S/c1-8(9,14(11,12)13)6-4-2-3-5-7(6)10/h2-5,10H,9H2,1H3,(H,11,12,13). The van der Waals surface area contributed by atoms with Crippen LogP contribution < -0.4 is 5.73 Å². The van der Waals surface area contributed by atoms with Gasteiger partial charge in [0, 0.05) is 5.56 Å². The number of phenols is 1. The summed E-state index contributed by atoms with van der Waals surface area (Å²) in [4.78, 5) is -2.00. The Morgan fingerprint density at radius 3 is 2.29 bits per heavy atom. The highest BCUT2D eigenvalue weighted by molar-refractivity contribution is 7.86. The van der Waals surface area contributed by atoms with Crippen LogP contribution in [0, 0.1) is 0 Å². The highest BCUT2D eigenvalue weighted by Crippen LogP contribution is 2.30. The van der Waals surface area contributed by atoms with Crippen LogP contribution in [0.3, 0.4) is 0 Å². The fourth-order valence-corrected chi connectivity index (χ4v) is 1.48. The summed E-state index contributed by atoms with van der Waals surface area (Å²) in [5, 5.41) is 9.35. The Bertz CT molecular complexity index is 438. The van der Waals surface area contributed by atoms with Crippen LogP contribution in [0.25, 0.3) is 0 Å². The van der Waals surface area contributed by atoms with Gasteiger partial charge in [-0.2, -0.15) is 8.42 Å². The average molecular weight is 217 g/mol. The first-order valence-electron chi connectivity index (χ1n) is 3.81. The van der Waals surface area contributed by atoms with Gasteiger partial charge in [-0.1, -0.05) is 18.2 Å². The molecule has 0 aliphatic carbocycles. The molecular weight excluding hydrogens is 206 g/mol. The Labute approximate surface area is 81.9 Å². The van der Waals surface area contributed by atoms with Gasteiger partial charge in [-0.15, -0.1) is 0 Å². The highest BCUT2D eigenvalue weighted by atomic mass is 32.2. The molecule has 0 saturated carbocycles. The number of aromatic hydroxyl groups is 1. The molecule has 1 rings (SSSR count). The first kappa shape index (κ1) is 11.0. The summed E-state index contributed by atoms with van der Waals surface area (Å²) in [5.74, 6) is -0.268. The van der Waals surface area contributed by atoms with Crippen LogP contribution in [-0.4, -0.2) is 18.1 Å². The molecule has 6 heteroatoms. The highest BCUT2D eigenvalue weighted by Gasteiger charge is 2.37. The summed E-state index contributed by atoms with van der Waals surface area (Å²) in [7, 11) is -4.46. The third-order valence-corrected chi connectivity index (χ3v) is 3.27. The zero-order valence-electron chi connectivity index (χ0n) is 7.51. The molecule has 0 saturated heterocycles. The summed E-state index contributed by atoms with van der Waals surface area (Å²) in [5.41, 5.74) is 5.38. The molecule has 78 valence electrons. The minimum Gasteiger partial charge on any atom is -0.508 e. The molecule has 14 heavy (non-hydrogen) atoms. The first-order chi connectivity index (χ1) is 6.27. The van der Waals surface area contributed by atoms with E-state index >= 15 is 0 Å². The molecule has 1 aromatic carbocycles. The lowest BCUT2D eigenvalue weighted by Crippen LogP contribution is -2.41. The maximum absolute atomic E-state index is 10.9. The van der Waals surface area contributed by atoms with Gasteiger partial charge in [0.1, 0.15) is 5.75 Å². The summed E-state index contributed by atoms with van der Waals surface area (Å²) < 4.78 is 30.7. The molecule has 0 aromatic heterocycles. The molecule has 0 radical (unpaired) electrons. The first-order valence-corrected chi connectivity index (χ1v) is 5.25. The van der Waals surface area contributed by atoms with E-state index in [9.17, 15) is 13.5 Å². The number of hydrogen-bond acceptors (Lipinski definition) is 4. The van der Waals surface area contributed by atoms with Crippen molar-refractivity contribution in [2.75, 3.05) is 0 Å². The largest absolute Gasteiger partial charge is 0.508 e. The zero-order chi connectivity index (χ0) is 11.0. The fourth-order valence-electron chi connectivity index (χ4n) is 1.03. The topological polar surface area (TPSA) is 101 Å². The van der Waals surface area contributed by atoms with Crippen molar-refractivity contribution in [3.05, 3.63) is 29.8 Å². The Morgan fingerprint density at radius 2 is 1.86 bits per heavy atom. The molecule has 1 aromatic rings. The number of para-hydroxylation sites is 1. The van der Waals surface area contributed by atoms with Gasteiger partial charge >= 0.3 is 0 Å². The second-order valence-electron chi connectivity index (χ2n) is 3.10. The Balaban J connectivity index is 3.38. The Kier molecular flexibility index (Phi) is 2.53. The van der Waals surface area contributed by atoms with Gasteiger partial charge < -0.3 is 10.8 Å². The van der Waals surface area contributed by atoms with Crippen molar-refractivity contribution in [2.24, 2.45) is 5.73 Å².